The third-order valence-electron chi connectivity index (χ3n) is 6.17. The second kappa shape index (κ2) is 10.4. The number of fused-ring (bicyclic) bond motifs is 1. The highest BCUT2D eigenvalue weighted by molar-refractivity contribution is 6.36. The van der Waals surface area contributed by atoms with Crippen molar-refractivity contribution in [3.8, 4) is 6.07 Å². The monoisotopic (exact) mass is 551 g/mol. The summed E-state index contributed by atoms with van der Waals surface area (Å²) in [6.45, 7) is 4.15. The quantitative estimate of drug-likeness (QED) is 0.230. The summed E-state index contributed by atoms with van der Waals surface area (Å²) < 4.78 is 15.7. The Morgan fingerprint density at radius 2 is 1.89 bits per heavy atom. The van der Waals surface area contributed by atoms with E-state index in [1.165, 1.54) is 18.3 Å². The van der Waals surface area contributed by atoms with E-state index >= 15 is 0 Å². The Balaban J connectivity index is 1.59. The molecule has 4 aromatic rings. The second-order valence-corrected chi connectivity index (χ2v) is 9.91. The molecule has 1 aliphatic rings. The molecule has 38 heavy (non-hydrogen) atoms. The van der Waals surface area contributed by atoms with Crippen LogP contribution in [0.2, 0.25) is 10.0 Å². The molecular weight excluding hydrogens is 528 g/mol. The molecule has 9 nitrogen and oxygen atoms in total. The number of rotatable bonds is 7. The summed E-state index contributed by atoms with van der Waals surface area (Å²) in [4.78, 5) is 8.70. The van der Waals surface area contributed by atoms with E-state index in [-0.39, 0.29) is 17.1 Å². The average Bonchev–Trinajstić information content (AvgIpc) is 3.55. The Labute approximate surface area is 228 Å². The fourth-order valence-corrected chi connectivity index (χ4v) is 4.62. The fraction of sp³-hybridized carbons (Fsp3) is 0.192. The minimum atomic E-state index is -0.534. The molecule has 0 saturated heterocycles. The van der Waals surface area contributed by atoms with E-state index in [1.54, 1.807) is 24.7 Å². The van der Waals surface area contributed by atoms with Crippen LogP contribution in [0.5, 0.6) is 0 Å². The van der Waals surface area contributed by atoms with Crippen LogP contribution in [-0.4, -0.2) is 25.6 Å². The summed E-state index contributed by atoms with van der Waals surface area (Å²) in [7, 11) is 1.92. The smallest absolute Gasteiger partial charge is 0.141 e. The van der Waals surface area contributed by atoms with Gasteiger partial charge in [0.1, 0.15) is 17.9 Å². The highest BCUT2D eigenvalue weighted by atomic mass is 35.5. The Morgan fingerprint density at radius 1 is 1.11 bits per heavy atom. The summed E-state index contributed by atoms with van der Waals surface area (Å²) in [5.74, 6) is -0.534. The van der Waals surface area contributed by atoms with Crippen molar-refractivity contribution in [2.75, 3.05) is 10.6 Å². The van der Waals surface area contributed by atoms with Gasteiger partial charge in [0.25, 0.3) is 0 Å². The van der Waals surface area contributed by atoms with Crippen molar-refractivity contribution in [1.82, 2.24) is 30.5 Å². The fourth-order valence-electron chi connectivity index (χ4n) is 4.17. The van der Waals surface area contributed by atoms with E-state index in [0.717, 1.165) is 11.4 Å². The van der Waals surface area contributed by atoms with Crippen molar-refractivity contribution in [1.29, 1.82) is 5.26 Å². The Hall–Kier alpha value is -4.04. The van der Waals surface area contributed by atoms with Gasteiger partial charge in [-0.25, -0.2) is 9.37 Å². The number of aryl methyl sites for hydroxylation is 1. The van der Waals surface area contributed by atoms with Crippen LogP contribution < -0.4 is 21.6 Å². The maximum atomic E-state index is 13.7. The number of nitrogens with one attached hydrogen (secondary N) is 4. The van der Waals surface area contributed by atoms with E-state index in [1.807, 2.05) is 28.9 Å². The molecule has 3 heterocycles. The lowest BCUT2D eigenvalue weighted by Crippen LogP contribution is -2.41. The molecule has 0 amide bonds. The number of nitriles is 1. The van der Waals surface area contributed by atoms with Crippen LogP contribution in [0.15, 0.2) is 60.9 Å². The molecule has 0 fully saturated rings. The molecular formula is C26H24Cl2FN9. The summed E-state index contributed by atoms with van der Waals surface area (Å²) >= 11 is 12.7. The largest absolute Gasteiger partial charge is 0.371 e. The van der Waals surface area contributed by atoms with Crippen LogP contribution in [0.25, 0.3) is 10.9 Å². The van der Waals surface area contributed by atoms with Gasteiger partial charge in [-0.2, -0.15) is 5.26 Å². The van der Waals surface area contributed by atoms with Gasteiger partial charge >= 0.3 is 0 Å². The summed E-state index contributed by atoms with van der Waals surface area (Å²) in [6, 6.07) is 9.99. The Kier molecular flexibility index (Phi) is 6.99. The summed E-state index contributed by atoms with van der Waals surface area (Å²) in [5.41, 5.74) is 10.7. The van der Waals surface area contributed by atoms with Gasteiger partial charge in [-0.1, -0.05) is 23.2 Å². The van der Waals surface area contributed by atoms with E-state index < -0.39 is 5.82 Å². The van der Waals surface area contributed by atoms with Crippen molar-refractivity contribution in [3.63, 3.8) is 0 Å². The second-order valence-electron chi connectivity index (χ2n) is 9.10. The normalized spacial score (nSPS) is 13.8. The van der Waals surface area contributed by atoms with E-state index in [9.17, 15) is 9.65 Å². The van der Waals surface area contributed by atoms with Gasteiger partial charge in [0, 0.05) is 42.2 Å². The van der Waals surface area contributed by atoms with Gasteiger partial charge in [0.05, 0.1) is 50.7 Å². The lowest BCUT2D eigenvalue weighted by molar-refractivity contribution is 0.220. The zero-order chi connectivity index (χ0) is 27.0. The van der Waals surface area contributed by atoms with Gasteiger partial charge in [-0.05, 0) is 44.2 Å². The van der Waals surface area contributed by atoms with Gasteiger partial charge in [0.15, 0.2) is 0 Å². The first-order valence-electron chi connectivity index (χ1n) is 11.7. The van der Waals surface area contributed by atoms with Gasteiger partial charge in [0.2, 0.25) is 0 Å². The molecule has 0 bridgehead atoms. The number of halogens is 3. The van der Waals surface area contributed by atoms with Gasteiger partial charge in [-0.3, -0.25) is 9.99 Å². The number of hydrogen-bond acceptors (Lipinski definition) is 8. The highest BCUT2D eigenvalue weighted by Gasteiger charge is 2.26. The molecule has 0 saturated carbocycles. The predicted molar refractivity (Wildman–Crippen MR) is 147 cm³/mol. The lowest BCUT2D eigenvalue weighted by Gasteiger charge is -2.22. The molecule has 2 aromatic heterocycles. The molecule has 0 radical (unpaired) electrons. The maximum Gasteiger partial charge on any atom is 0.141 e. The Morgan fingerprint density at radius 3 is 2.55 bits per heavy atom. The average molecular weight is 552 g/mol. The molecule has 4 N–H and O–H groups in total. The van der Waals surface area contributed by atoms with Gasteiger partial charge < -0.3 is 20.6 Å². The van der Waals surface area contributed by atoms with Crippen LogP contribution in [0, 0.1) is 17.1 Å². The van der Waals surface area contributed by atoms with Crippen LogP contribution in [0.4, 0.5) is 21.5 Å². The molecule has 2 aromatic carbocycles. The number of hydrazine groups is 2. The molecule has 0 spiro atoms. The third kappa shape index (κ3) is 4.91. The van der Waals surface area contributed by atoms with Crippen LogP contribution in [0.3, 0.4) is 0 Å². The molecule has 5 rings (SSSR count). The zero-order valence-corrected chi connectivity index (χ0v) is 22.2. The standard InChI is InChI=1S/C26H24Cl2FN9/c1-14(2)38-12-22(35-36-38)26(23-11-31-13-37(23)3)34-17-6-18-24(33-16-4-5-21(29)19(27)7-16)15(9-30)10-32-25(18)20(28)8-17/h4-8,10-14,26,34-36H,1-3H3,(H,32,33)/t26-/m1/s1. The molecule has 0 aliphatic carbocycles. The third-order valence-corrected chi connectivity index (χ3v) is 6.75. The number of aromatic nitrogens is 3. The summed E-state index contributed by atoms with van der Waals surface area (Å²) in [5, 5.41) is 19.5. The molecule has 12 heteroatoms. The number of anilines is 3. The van der Waals surface area contributed by atoms with Crippen LogP contribution >= 0.6 is 23.2 Å². The van der Waals surface area contributed by atoms with Gasteiger partial charge in [-0.15, -0.1) is 5.53 Å². The number of benzene rings is 2. The van der Waals surface area contributed by atoms with Crippen molar-refractivity contribution in [3.05, 3.63) is 88.1 Å². The van der Waals surface area contributed by atoms with E-state index in [2.05, 4.69) is 51.5 Å². The first kappa shape index (κ1) is 25.6. The molecule has 194 valence electrons. The first-order chi connectivity index (χ1) is 18.2. The molecule has 1 aliphatic heterocycles. The highest BCUT2D eigenvalue weighted by Crippen LogP contribution is 2.37. The maximum absolute atomic E-state index is 13.7. The SMILES string of the molecule is CC(C)N1C=C([C@@H](Nc2cc(Cl)c3ncc(C#N)c(Nc4ccc(F)c(Cl)c4)c3c2)c2cncn2C)NN1. The zero-order valence-electron chi connectivity index (χ0n) is 20.7. The number of hydrogen-bond donors (Lipinski definition) is 4. The minimum absolute atomic E-state index is 0.0346. The first-order valence-corrected chi connectivity index (χ1v) is 12.5. The van der Waals surface area contributed by atoms with Crippen molar-refractivity contribution in [2.24, 2.45) is 7.05 Å². The van der Waals surface area contributed by atoms with E-state index in [4.69, 9.17) is 23.2 Å². The van der Waals surface area contributed by atoms with Crippen molar-refractivity contribution >= 4 is 51.2 Å². The lowest BCUT2D eigenvalue weighted by atomic mass is 10.1. The topological polar surface area (TPSA) is 106 Å². The number of pyridine rings is 1. The van der Waals surface area contributed by atoms with Crippen molar-refractivity contribution < 1.29 is 4.39 Å². The predicted octanol–water partition coefficient (Wildman–Crippen LogP) is 5.76. The molecule has 0 unspecified atom stereocenters. The number of nitrogens with zero attached hydrogens (tertiary/aromatic N) is 5. The molecule has 1 atom stereocenters. The minimum Gasteiger partial charge on any atom is -0.371 e. The number of imidazole rings is 1. The Bertz CT molecular complexity index is 1590. The van der Waals surface area contributed by atoms with E-state index in [0.29, 0.717) is 38.6 Å². The van der Waals surface area contributed by atoms with Crippen LogP contribution in [-0.2, 0) is 7.05 Å². The summed E-state index contributed by atoms with van der Waals surface area (Å²) in [6.07, 6.45) is 6.98. The van der Waals surface area contributed by atoms with Crippen molar-refractivity contribution in [2.45, 2.75) is 25.9 Å². The van der Waals surface area contributed by atoms with Crippen LogP contribution in [0.1, 0.15) is 31.1 Å².